The summed E-state index contributed by atoms with van der Waals surface area (Å²) in [6.45, 7) is -5.60. The molecule has 3 saturated heterocycles. The van der Waals surface area contributed by atoms with Gasteiger partial charge in [-0.25, -0.2) is 33.4 Å². The van der Waals surface area contributed by atoms with Gasteiger partial charge in [0.15, 0.2) is 35.6 Å². The number of nitriles is 2. The third kappa shape index (κ3) is 8.99. The number of aromatic nitrogens is 7. The van der Waals surface area contributed by atoms with Crippen LogP contribution in [0.2, 0.25) is 0 Å². The topological polar surface area (TPSA) is 268 Å². The molecule has 3 aliphatic heterocycles. The summed E-state index contributed by atoms with van der Waals surface area (Å²) >= 11 is 5.88. The lowest BCUT2D eigenvalue weighted by atomic mass is 10.1. The number of fused-ring (bicyclic) bond motifs is 5. The molecule has 3 fully saturated rings. The number of methoxy groups -OCH3 is 1. The normalized spacial score (nSPS) is 28.8. The highest BCUT2D eigenvalue weighted by Gasteiger charge is 2.53. The zero-order chi connectivity index (χ0) is 43.4. The Morgan fingerprint density at radius 1 is 0.952 bits per heavy atom. The minimum absolute atomic E-state index is 0.00475. The number of halogens is 1. The minimum Gasteiger partial charge on any atom is -0.465 e. The lowest BCUT2D eigenvalue weighted by Gasteiger charge is -2.29. The predicted octanol–water partition coefficient (Wildman–Crippen LogP) is 4.84. The van der Waals surface area contributed by atoms with Crippen LogP contribution in [0.1, 0.15) is 52.4 Å². The lowest BCUT2D eigenvalue weighted by molar-refractivity contribution is -0.0693. The van der Waals surface area contributed by atoms with Gasteiger partial charge in [0.25, 0.3) is 5.91 Å². The number of imidazole rings is 1. The maximum atomic E-state index is 17.0. The van der Waals surface area contributed by atoms with Gasteiger partial charge in [0.05, 0.1) is 82.0 Å². The van der Waals surface area contributed by atoms with Gasteiger partial charge in [-0.2, -0.15) is 10.5 Å². The molecule has 6 heterocycles. The number of amides is 1. The van der Waals surface area contributed by atoms with E-state index in [0.717, 1.165) is 6.33 Å². The van der Waals surface area contributed by atoms with E-state index < -0.39 is 89.3 Å². The summed E-state index contributed by atoms with van der Waals surface area (Å²) in [5.74, 6) is -1.09. The Labute approximate surface area is 355 Å². The Kier molecular flexibility index (Phi) is 13.1. The molecule has 1 N–H and O–H groups in total. The summed E-state index contributed by atoms with van der Waals surface area (Å²) in [5.41, 5.74) is 1.20. The number of nitrogens with one attached hydrogen (secondary N) is 1. The van der Waals surface area contributed by atoms with Crippen LogP contribution in [0.25, 0.3) is 22.2 Å². The van der Waals surface area contributed by atoms with Crippen molar-refractivity contribution in [1.29, 1.82) is 10.5 Å². The fraction of sp³-hybridized carbons (Fsp3) is 0.417. The Balaban J connectivity index is 1.12. The molecular weight excluding hydrogens is 877 g/mol. The van der Waals surface area contributed by atoms with Crippen molar-refractivity contribution in [1.82, 2.24) is 34.5 Å². The SMILES string of the molecule is COC(=O)c1cccc2c1nnn2[C@@H]1O[C@@H]2COP(=O)(OCCC#N)O[C@H]3[C@@H](F)[C@H](n4cnc5c(NC(=O)c6ccccc6)ncnc54)O[C@@H]3COP(=S)(OCCC#N)O[C@@H]1C2. The molecule has 2 unspecified atom stereocenters. The van der Waals surface area contributed by atoms with Crippen molar-refractivity contribution >= 4 is 66.2 Å². The second kappa shape index (κ2) is 18.6. The molecule has 26 heteroatoms. The molecule has 22 nitrogen and oxygen atoms in total. The predicted molar refractivity (Wildman–Crippen MR) is 212 cm³/mol. The van der Waals surface area contributed by atoms with E-state index in [-0.39, 0.29) is 53.9 Å². The number of anilines is 1. The molecule has 0 aliphatic carbocycles. The lowest BCUT2D eigenvalue weighted by Crippen LogP contribution is -2.34. The van der Waals surface area contributed by atoms with Crippen molar-refractivity contribution in [3.05, 3.63) is 72.3 Å². The van der Waals surface area contributed by atoms with E-state index in [2.05, 4.69) is 30.6 Å². The van der Waals surface area contributed by atoms with E-state index in [4.69, 9.17) is 53.2 Å². The van der Waals surface area contributed by atoms with Gasteiger partial charge in [0.2, 0.25) is 0 Å². The zero-order valence-corrected chi connectivity index (χ0v) is 35.0. The van der Waals surface area contributed by atoms with Gasteiger partial charge in [0, 0.05) is 12.0 Å². The molecule has 2 bridgehead atoms. The van der Waals surface area contributed by atoms with E-state index in [0.29, 0.717) is 11.1 Å². The maximum Gasteiger partial charge on any atom is 0.475 e. The first-order chi connectivity index (χ1) is 30.0. The second-order valence-electron chi connectivity index (χ2n) is 13.6. The number of nitrogens with zero attached hydrogens (tertiary/aromatic N) is 9. The number of alkyl halides is 1. The van der Waals surface area contributed by atoms with E-state index in [1.807, 2.05) is 12.1 Å². The van der Waals surface area contributed by atoms with Gasteiger partial charge in [-0.1, -0.05) is 29.5 Å². The Hall–Kier alpha value is -5.20. The molecular formula is C36H35FN10O12P2S. The third-order valence-corrected chi connectivity index (χ3v) is 13.6. The number of hydrogen-bond donors (Lipinski definition) is 1. The summed E-state index contributed by atoms with van der Waals surface area (Å²) in [7, 11) is -3.53. The van der Waals surface area contributed by atoms with Crippen LogP contribution in [0.15, 0.2) is 61.2 Å². The van der Waals surface area contributed by atoms with Crippen molar-refractivity contribution in [2.45, 2.75) is 62.3 Å². The van der Waals surface area contributed by atoms with Crippen LogP contribution in [0, 0.1) is 22.7 Å². The van der Waals surface area contributed by atoms with Crippen molar-refractivity contribution in [2.75, 3.05) is 38.9 Å². The molecule has 2 aromatic carbocycles. The molecule has 3 aromatic heterocycles. The van der Waals surface area contributed by atoms with Crippen LogP contribution < -0.4 is 5.32 Å². The standard InChI is InChI=1S/C36H35FN10O12P2S/c1-51-36(49)23-10-5-11-24-28(23)44-45-47(24)34-25-16-22(56-34)17-54-60(50,52-14-6-12-38)59-30-26(18-55-61(62,58-25)53-15-7-13-39)57-35(27(30)37)46-20-42-29-31(40-19-41-32(29)46)43-33(48)21-8-3-2-4-9-21/h2-5,8-11,19-20,22,25-27,30,34-35H,6-7,14-18H2,1H3,(H,40,41,43,48)/t22-,25+,26+,27+,30+,34+,35+,60?,61?/m0/s1. The fourth-order valence-corrected chi connectivity index (χ4v) is 10.4. The number of hydrogen-bond acceptors (Lipinski definition) is 20. The molecule has 324 valence electrons. The van der Waals surface area contributed by atoms with Gasteiger partial charge in [-0.3, -0.25) is 22.9 Å². The maximum absolute atomic E-state index is 17.0. The molecule has 0 spiro atoms. The number of phosphoric ester groups is 1. The largest absolute Gasteiger partial charge is 0.475 e. The number of phosphoric acid groups is 1. The second-order valence-corrected chi connectivity index (χ2v) is 18.2. The van der Waals surface area contributed by atoms with Gasteiger partial charge >= 0.3 is 20.5 Å². The van der Waals surface area contributed by atoms with Crippen LogP contribution in [0.5, 0.6) is 0 Å². The number of carbonyl (C=O) groups excluding carboxylic acids is 2. The van der Waals surface area contributed by atoms with Crippen molar-refractivity contribution in [2.24, 2.45) is 0 Å². The van der Waals surface area contributed by atoms with E-state index in [1.54, 1.807) is 42.5 Å². The zero-order valence-electron chi connectivity index (χ0n) is 32.4. The molecule has 9 atom stereocenters. The number of ether oxygens (including phenoxy) is 3. The first-order valence-electron chi connectivity index (χ1n) is 18.8. The summed E-state index contributed by atoms with van der Waals surface area (Å²) in [5, 5.41) is 29.7. The highest BCUT2D eigenvalue weighted by Crippen LogP contribution is 2.58. The number of rotatable bonds is 11. The quantitative estimate of drug-likeness (QED) is 0.105. The number of benzene rings is 2. The molecule has 0 radical (unpaired) electrons. The molecule has 62 heavy (non-hydrogen) atoms. The summed E-state index contributed by atoms with van der Waals surface area (Å²) in [6, 6.07) is 17.0. The molecule has 3 aliphatic rings. The van der Waals surface area contributed by atoms with E-state index >= 15 is 4.39 Å². The van der Waals surface area contributed by atoms with Crippen molar-refractivity contribution in [3.63, 3.8) is 0 Å². The monoisotopic (exact) mass is 912 g/mol. The summed E-state index contributed by atoms with van der Waals surface area (Å²) < 4.78 is 87.2. The third-order valence-electron chi connectivity index (χ3n) is 9.72. The van der Waals surface area contributed by atoms with E-state index in [1.165, 1.54) is 28.8 Å². The fourth-order valence-electron chi connectivity index (χ4n) is 6.89. The molecule has 5 aromatic rings. The minimum atomic E-state index is -4.76. The number of esters is 1. The van der Waals surface area contributed by atoms with Gasteiger partial charge in [0.1, 0.15) is 30.2 Å². The van der Waals surface area contributed by atoms with Crippen LogP contribution in [0.3, 0.4) is 0 Å². The average Bonchev–Trinajstić information content (AvgIpc) is 4.07. The van der Waals surface area contributed by atoms with Gasteiger partial charge in [-0.15, -0.1) is 5.10 Å². The smallest absolute Gasteiger partial charge is 0.465 e. The van der Waals surface area contributed by atoms with Crippen LogP contribution >= 0.6 is 14.5 Å². The first kappa shape index (κ1) is 43.4. The molecule has 8 rings (SSSR count). The highest BCUT2D eigenvalue weighted by molar-refractivity contribution is 8.07. The average molecular weight is 913 g/mol. The van der Waals surface area contributed by atoms with Crippen molar-refractivity contribution in [3.8, 4) is 12.1 Å². The molecule has 0 saturated carbocycles. The first-order valence-corrected chi connectivity index (χ1v) is 22.9. The summed E-state index contributed by atoms with van der Waals surface area (Å²) in [6.07, 6.45) is -7.90. The van der Waals surface area contributed by atoms with Crippen LogP contribution in [0.4, 0.5) is 10.2 Å². The molecule has 1 amide bonds. The van der Waals surface area contributed by atoms with Gasteiger partial charge < -0.3 is 33.1 Å². The Bertz CT molecular complexity index is 2650. The van der Waals surface area contributed by atoms with Gasteiger partial charge in [-0.05, 0) is 36.1 Å². The highest BCUT2D eigenvalue weighted by atomic mass is 32.5. The van der Waals surface area contributed by atoms with Crippen LogP contribution in [-0.2, 0) is 57.7 Å². The van der Waals surface area contributed by atoms with E-state index in [9.17, 15) is 24.7 Å². The Morgan fingerprint density at radius 3 is 2.52 bits per heavy atom. The summed E-state index contributed by atoms with van der Waals surface area (Å²) in [4.78, 5) is 38.3. The van der Waals surface area contributed by atoms with Crippen molar-refractivity contribution < 1.29 is 59.9 Å². The Morgan fingerprint density at radius 2 is 1.74 bits per heavy atom. The number of carbonyl (C=O) groups is 2. The van der Waals surface area contributed by atoms with Crippen LogP contribution in [-0.4, -0.2) is 111 Å².